The number of nitrogens with one attached hydrogen (secondary N) is 1. The third-order valence-electron chi connectivity index (χ3n) is 2.29. The summed E-state index contributed by atoms with van der Waals surface area (Å²) < 4.78 is 0. The molecule has 0 aliphatic carbocycles. The third kappa shape index (κ3) is 6.46. The van der Waals surface area contributed by atoms with Crippen molar-refractivity contribution in [2.24, 2.45) is 5.92 Å². The lowest BCUT2D eigenvalue weighted by Crippen LogP contribution is -2.27. The molecular weight excluding hydrogens is 182 g/mol. The van der Waals surface area contributed by atoms with Gasteiger partial charge in [-0.2, -0.15) is 0 Å². The maximum Gasteiger partial charge on any atom is 0.305 e. The molecule has 0 aromatic rings. The van der Waals surface area contributed by atoms with Crippen molar-refractivity contribution < 1.29 is 14.7 Å². The summed E-state index contributed by atoms with van der Waals surface area (Å²) in [4.78, 5) is 21.4. The summed E-state index contributed by atoms with van der Waals surface area (Å²) in [5.74, 6) is -0.507. The number of hydrogen-bond acceptors (Lipinski definition) is 2. The molecule has 0 aromatic carbocycles. The van der Waals surface area contributed by atoms with Crippen LogP contribution in [0.5, 0.6) is 0 Å². The molecule has 4 heteroatoms. The average Bonchev–Trinajstić information content (AvgIpc) is 2.13. The Morgan fingerprint density at radius 2 is 1.86 bits per heavy atom. The lowest BCUT2D eigenvalue weighted by Gasteiger charge is -2.11. The van der Waals surface area contributed by atoms with Gasteiger partial charge in [-0.3, -0.25) is 9.59 Å². The minimum Gasteiger partial charge on any atom is -0.481 e. The predicted molar refractivity (Wildman–Crippen MR) is 54.0 cm³/mol. The van der Waals surface area contributed by atoms with Gasteiger partial charge >= 0.3 is 5.97 Å². The Labute approximate surface area is 84.7 Å². The Hall–Kier alpha value is -1.06. The summed E-state index contributed by atoms with van der Waals surface area (Å²) >= 11 is 0. The number of carboxylic acids is 1. The van der Waals surface area contributed by atoms with E-state index in [9.17, 15) is 9.59 Å². The molecule has 0 aliphatic heterocycles. The fourth-order valence-corrected chi connectivity index (χ4v) is 1.22. The molecule has 0 saturated heterocycles. The summed E-state index contributed by atoms with van der Waals surface area (Å²) in [7, 11) is 0. The molecule has 0 heterocycles. The molecule has 0 unspecified atom stereocenters. The Kier molecular flexibility index (Phi) is 6.80. The molecule has 0 fully saturated rings. The number of carboxylic acid groups (broad SMARTS) is 1. The van der Waals surface area contributed by atoms with E-state index < -0.39 is 5.97 Å². The Morgan fingerprint density at radius 3 is 2.29 bits per heavy atom. The first-order chi connectivity index (χ1) is 6.60. The average molecular weight is 201 g/mol. The van der Waals surface area contributed by atoms with Crippen molar-refractivity contribution in [1.29, 1.82) is 0 Å². The maximum atomic E-state index is 11.2. The van der Waals surface area contributed by atoms with Crippen LogP contribution in [0.25, 0.3) is 0 Å². The molecule has 0 spiro atoms. The van der Waals surface area contributed by atoms with E-state index in [4.69, 9.17) is 5.11 Å². The van der Waals surface area contributed by atoms with Gasteiger partial charge in [-0.25, -0.2) is 0 Å². The van der Waals surface area contributed by atoms with Crippen molar-refractivity contribution in [3.05, 3.63) is 0 Å². The van der Waals surface area contributed by atoms with Crippen LogP contribution < -0.4 is 5.32 Å². The van der Waals surface area contributed by atoms with E-state index in [1.165, 1.54) is 0 Å². The highest BCUT2D eigenvalue weighted by Gasteiger charge is 2.09. The van der Waals surface area contributed by atoms with Gasteiger partial charge in [-0.15, -0.1) is 0 Å². The van der Waals surface area contributed by atoms with Crippen LogP contribution in [0.1, 0.15) is 39.5 Å². The van der Waals surface area contributed by atoms with Gasteiger partial charge in [0.1, 0.15) is 0 Å². The van der Waals surface area contributed by atoms with Gasteiger partial charge in [0.05, 0.1) is 6.42 Å². The van der Waals surface area contributed by atoms with E-state index >= 15 is 0 Å². The normalized spacial score (nSPS) is 10.2. The van der Waals surface area contributed by atoms with E-state index in [1.807, 2.05) is 0 Å². The minimum absolute atomic E-state index is 0.00530. The van der Waals surface area contributed by atoms with Gasteiger partial charge in [-0.05, 0) is 5.92 Å². The highest BCUT2D eigenvalue weighted by Crippen LogP contribution is 2.11. The van der Waals surface area contributed by atoms with E-state index in [0.717, 1.165) is 12.8 Å². The number of carbonyl (C=O) groups is 2. The zero-order valence-corrected chi connectivity index (χ0v) is 8.88. The number of amides is 1. The van der Waals surface area contributed by atoms with Crippen molar-refractivity contribution in [2.75, 3.05) is 6.54 Å². The van der Waals surface area contributed by atoms with Gasteiger partial charge in [-0.1, -0.05) is 26.7 Å². The second-order valence-corrected chi connectivity index (χ2v) is 3.38. The summed E-state index contributed by atoms with van der Waals surface area (Å²) in [6, 6.07) is 0. The van der Waals surface area contributed by atoms with Crippen molar-refractivity contribution in [3.8, 4) is 0 Å². The molecule has 1 amide bonds. The quantitative estimate of drug-likeness (QED) is 0.654. The highest BCUT2D eigenvalue weighted by atomic mass is 16.4. The second-order valence-electron chi connectivity index (χ2n) is 3.38. The van der Waals surface area contributed by atoms with Crippen LogP contribution in [-0.4, -0.2) is 23.5 Å². The Balaban J connectivity index is 3.59. The molecule has 2 N–H and O–H groups in total. The first-order valence-electron chi connectivity index (χ1n) is 5.08. The SMILES string of the molecule is CCC(CC)CC(=O)NCCC(=O)O. The van der Waals surface area contributed by atoms with Crippen LogP contribution in [0.15, 0.2) is 0 Å². The van der Waals surface area contributed by atoms with Gasteiger partial charge in [0, 0.05) is 13.0 Å². The summed E-state index contributed by atoms with van der Waals surface area (Å²) in [6.07, 6.45) is 2.48. The lowest BCUT2D eigenvalue weighted by molar-refractivity contribution is -0.136. The predicted octanol–water partition coefficient (Wildman–Crippen LogP) is 1.40. The second kappa shape index (κ2) is 7.35. The Morgan fingerprint density at radius 1 is 1.29 bits per heavy atom. The molecule has 4 nitrogen and oxygen atoms in total. The van der Waals surface area contributed by atoms with Gasteiger partial charge in [0.2, 0.25) is 5.91 Å². The number of rotatable bonds is 7. The molecule has 82 valence electrons. The van der Waals surface area contributed by atoms with Crippen molar-refractivity contribution in [2.45, 2.75) is 39.5 Å². The molecule has 0 rings (SSSR count). The minimum atomic E-state index is -0.882. The van der Waals surface area contributed by atoms with E-state index in [1.54, 1.807) is 0 Å². The molecule has 0 aromatic heterocycles. The molecule has 0 aliphatic rings. The van der Waals surface area contributed by atoms with E-state index in [2.05, 4.69) is 19.2 Å². The molecule has 14 heavy (non-hydrogen) atoms. The van der Waals surface area contributed by atoms with E-state index in [0.29, 0.717) is 12.3 Å². The van der Waals surface area contributed by atoms with Crippen LogP contribution in [0.4, 0.5) is 0 Å². The third-order valence-corrected chi connectivity index (χ3v) is 2.29. The number of hydrogen-bond donors (Lipinski definition) is 2. The van der Waals surface area contributed by atoms with Gasteiger partial charge in [0.15, 0.2) is 0 Å². The van der Waals surface area contributed by atoms with Crippen LogP contribution in [0.3, 0.4) is 0 Å². The maximum absolute atomic E-state index is 11.2. The summed E-state index contributed by atoms with van der Waals surface area (Å²) in [5, 5.41) is 10.9. The highest BCUT2D eigenvalue weighted by molar-refractivity contribution is 5.76. The summed E-state index contributed by atoms with van der Waals surface area (Å²) in [6.45, 7) is 4.34. The summed E-state index contributed by atoms with van der Waals surface area (Å²) in [5.41, 5.74) is 0. The largest absolute Gasteiger partial charge is 0.481 e. The van der Waals surface area contributed by atoms with E-state index in [-0.39, 0.29) is 18.9 Å². The lowest BCUT2D eigenvalue weighted by atomic mass is 9.99. The zero-order chi connectivity index (χ0) is 11.0. The fourth-order valence-electron chi connectivity index (χ4n) is 1.22. The van der Waals surface area contributed by atoms with Crippen LogP contribution >= 0.6 is 0 Å². The monoisotopic (exact) mass is 201 g/mol. The zero-order valence-electron chi connectivity index (χ0n) is 8.88. The van der Waals surface area contributed by atoms with Gasteiger partial charge in [0.25, 0.3) is 0 Å². The number of aliphatic carboxylic acids is 1. The Bertz CT molecular complexity index is 188. The first-order valence-corrected chi connectivity index (χ1v) is 5.08. The van der Waals surface area contributed by atoms with Crippen molar-refractivity contribution in [1.82, 2.24) is 5.32 Å². The van der Waals surface area contributed by atoms with Crippen LogP contribution in [0, 0.1) is 5.92 Å². The molecule has 0 atom stereocenters. The first kappa shape index (κ1) is 12.9. The molecular formula is C10H19NO3. The fraction of sp³-hybridized carbons (Fsp3) is 0.800. The van der Waals surface area contributed by atoms with Crippen LogP contribution in [-0.2, 0) is 9.59 Å². The topological polar surface area (TPSA) is 66.4 Å². The van der Waals surface area contributed by atoms with Gasteiger partial charge < -0.3 is 10.4 Å². The standard InChI is InChI=1S/C10H19NO3/c1-3-8(4-2)7-9(12)11-6-5-10(13)14/h8H,3-7H2,1-2H3,(H,11,12)(H,13,14). The molecule has 0 bridgehead atoms. The van der Waals surface area contributed by atoms with Crippen molar-refractivity contribution >= 4 is 11.9 Å². The number of carbonyl (C=O) groups excluding carboxylic acids is 1. The smallest absolute Gasteiger partial charge is 0.305 e. The molecule has 0 radical (unpaired) electrons. The van der Waals surface area contributed by atoms with Crippen LogP contribution in [0.2, 0.25) is 0 Å². The molecule has 0 saturated carbocycles. The van der Waals surface area contributed by atoms with Crippen molar-refractivity contribution in [3.63, 3.8) is 0 Å².